The zero-order valence-corrected chi connectivity index (χ0v) is 12.1. The summed E-state index contributed by atoms with van der Waals surface area (Å²) < 4.78 is 0. The molecule has 17 heavy (non-hydrogen) atoms. The van der Waals surface area contributed by atoms with Crippen LogP contribution in [0.4, 0.5) is 5.69 Å². The summed E-state index contributed by atoms with van der Waals surface area (Å²) in [5, 5.41) is 4.46. The molecule has 0 spiro atoms. The molecule has 1 aliphatic heterocycles. The lowest BCUT2D eigenvalue weighted by molar-refractivity contribution is 0.543. The molecular formula is C13H18N2S2. The summed E-state index contributed by atoms with van der Waals surface area (Å²) in [5.41, 5.74) is 1.13. The highest BCUT2D eigenvalue weighted by molar-refractivity contribution is 8.14. The Kier molecular flexibility index (Phi) is 4.40. The van der Waals surface area contributed by atoms with Crippen LogP contribution in [0.25, 0.3) is 0 Å². The molecule has 4 heteroatoms. The van der Waals surface area contributed by atoms with Crippen molar-refractivity contribution in [3.05, 3.63) is 24.3 Å². The highest BCUT2D eigenvalue weighted by atomic mass is 32.2. The fourth-order valence-electron chi connectivity index (χ4n) is 1.62. The van der Waals surface area contributed by atoms with Gasteiger partial charge in [-0.05, 0) is 30.4 Å². The van der Waals surface area contributed by atoms with Crippen molar-refractivity contribution in [2.45, 2.75) is 24.8 Å². The maximum atomic E-state index is 4.70. The van der Waals surface area contributed by atoms with Gasteiger partial charge in [0.05, 0.1) is 6.04 Å². The molecule has 0 aromatic heterocycles. The Labute approximate surface area is 112 Å². The molecule has 2 rings (SSSR count). The number of amidine groups is 1. The first-order valence-corrected chi connectivity index (χ1v) is 8.01. The number of benzene rings is 1. The standard InChI is InChI=1S/C13H18N2S2/c1-9(2)12-8-17-13(15-12)14-10-5-4-6-11(7-10)16-3/h4-7,9,12H,8H2,1-3H3,(H,14,15). The van der Waals surface area contributed by atoms with Gasteiger partial charge in [0.25, 0.3) is 0 Å². The van der Waals surface area contributed by atoms with E-state index in [2.05, 4.69) is 49.7 Å². The van der Waals surface area contributed by atoms with E-state index in [1.165, 1.54) is 4.90 Å². The number of aliphatic imine (C=N–C) groups is 1. The van der Waals surface area contributed by atoms with Crippen molar-refractivity contribution < 1.29 is 0 Å². The molecule has 0 fully saturated rings. The van der Waals surface area contributed by atoms with Crippen LogP contribution < -0.4 is 5.32 Å². The van der Waals surface area contributed by atoms with Gasteiger partial charge in [0.15, 0.2) is 5.17 Å². The lowest BCUT2D eigenvalue weighted by Crippen LogP contribution is -2.12. The number of thioether (sulfide) groups is 2. The molecular weight excluding hydrogens is 248 g/mol. The number of hydrogen-bond acceptors (Lipinski definition) is 4. The third-order valence-corrected chi connectivity index (χ3v) is 4.48. The van der Waals surface area contributed by atoms with Gasteiger partial charge >= 0.3 is 0 Å². The van der Waals surface area contributed by atoms with Crippen molar-refractivity contribution in [2.24, 2.45) is 10.9 Å². The summed E-state index contributed by atoms with van der Waals surface area (Å²) in [4.78, 5) is 5.98. The second-order valence-corrected chi connectivity index (χ2v) is 6.30. The van der Waals surface area contributed by atoms with Crippen LogP contribution in [0, 0.1) is 5.92 Å². The van der Waals surface area contributed by atoms with E-state index in [4.69, 9.17) is 4.99 Å². The largest absolute Gasteiger partial charge is 0.335 e. The normalized spacial score (nSPS) is 19.5. The highest BCUT2D eigenvalue weighted by Crippen LogP contribution is 2.25. The van der Waals surface area contributed by atoms with Crippen molar-refractivity contribution in [1.29, 1.82) is 0 Å². The van der Waals surface area contributed by atoms with Gasteiger partial charge in [-0.15, -0.1) is 11.8 Å². The Morgan fingerprint density at radius 3 is 2.94 bits per heavy atom. The predicted octanol–water partition coefficient (Wildman–Crippen LogP) is 3.95. The molecule has 1 aromatic rings. The third-order valence-electron chi connectivity index (χ3n) is 2.76. The second kappa shape index (κ2) is 5.83. The van der Waals surface area contributed by atoms with E-state index in [1.807, 2.05) is 11.8 Å². The summed E-state index contributed by atoms with van der Waals surface area (Å²) in [6.07, 6.45) is 2.09. The molecule has 1 unspecified atom stereocenters. The average Bonchev–Trinajstić information content (AvgIpc) is 2.78. The molecule has 1 N–H and O–H groups in total. The summed E-state index contributed by atoms with van der Waals surface area (Å²) in [7, 11) is 0. The third kappa shape index (κ3) is 3.42. The minimum Gasteiger partial charge on any atom is -0.335 e. The van der Waals surface area contributed by atoms with Gasteiger partial charge in [0.1, 0.15) is 0 Å². The first-order valence-electron chi connectivity index (χ1n) is 5.80. The summed E-state index contributed by atoms with van der Waals surface area (Å²) in [5.74, 6) is 1.72. The number of nitrogens with one attached hydrogen (secondary N) is 1. The van der Waals surface area contributed by atoms with Crippen molar-refractivity contribution in [3.63, 3.8) is 0 Å². The number of hydrogen-bond donors (Lipinski definition) is 1. The van der Waals surface area contributed by atoms with E-state index in [0.717, 1.165) is 16.6 Å². The van der Waals surface area contributed by atoms with Crippen molar-refractivity contribution in [1.82, 2.24) is 0 Å². The maximum absolute atomic E-state index is 4.70. The van der Waals surface area contributed by atoms with Crippen molar-refractivity contribution in [2.75, 3.05) is 17.3 Å². The van der Waals surface area contributed by atoms with E-state index in [0.29, 0.717) is 12.0 Å². The summed E-state index contributed by atoms with van der Waals surface area (Å²) in [6, 6.07) is 8.92. The Hall–Kier alpha value is -0.610. The lowest BCUT2D eigenvalue weighted by atomic mass is 10.1. The summed E-state index contributed by atoms with van der Waals surface area (Å²) >= 11 is 3.58. The van der Waals surface area contributed by atoms with Crippen LogP contribution in [-0.2, 0) is 0 Å². The molecule has 1 atom stereocenters. The topological polar surface area (TPSA) is 24.4 Å². The monoisotopic (exact) mass is 266 g/mol. The Bertz CT molecular complexity index is 416. The zero-order chi connectivity index (χ0) is 12.3. The Balaban J connectivity index is 2.04. The minimum absolute atomic E-state index is 0.464. The quantitative estimate of drug-likeness (QED) is 0.838. The fraction of sp³-hybridized carbons (Fsp3) is 0.462. The van der Waals surface area contributed by atoms with Gasteiger partial charge < -0.3 is 5.32 Å². The molecule has 0 bridgehead atoms. The smallest absolute Gasteiger partial charge is 0.161 e. The molecule has 92 valence electrons. The average molecular weight is 266 g/mol. The van der Waals surface area contributed by atoms with E-state index in [9.17, 15) is 0 Å². The van der Waals surface area contributed by atoms with E-state index >= 15 is 0 Å². The molecule has 2 nitrogen and oxygen atoms in total. The SMILES string of the molecule is CSc1cccc(NC2=NC(C(C)C)CS2)c1. The van der Waals surface area contributed by atoms with Crippen LogP contribution in [0.2, 0.25) is 0 Å². The van der Waals surface area contributed by atoms with Gasteiger partial charge in [-0.3, -0.25) is 4.99 Å². The van der Waals surface area contributed by atoms with Crippen LogP contribution in [0.15, 0.2) is 34.2 Å². The Morgan fingerprint density at radius 2 is 2.29 bits per heavy atom. The highest BCUT2D eigenvalue weighted by Gasteiger charge is 2.20. The van der Waals surface area contributed by atoms with Crippen molar-refractivity contribution >= 4 is 34.4 Å². The molecule has 1 aliphatic rings. The van der Waals surface area contributed by atoms with E-state index in [1.54, 1.807) is 11.8 Å². The number of nitrogens with zero attached hydrogens (tertiary/aromatic N) is 1. The molecule has 1 aromatic carbocycles. The fourth-order valence-corrected chi connectivity index (χ4v) is 3.27. The van der Waals surface area contributed by atoms with Gasteiger partial charge in [-0.1, -0.05) is 31.7 Å². The second-order valence-electron chi connectivity index (χ2n) is 4.41. The lowest BCUT2D eigenvalue weighted by Gasteiger charge is -2.08. The molecule has 0 saturated heterocycles. The number of rotatable bonds is 3. The van der Waals surface area contributed by atoms with Gasteiger partial charge in [0, 0.05) is 16.3 Å². The molecule has 0 saturated carbocycles. The maximum Gasteiger partial charge on any atom is 0.161 e. The van der Waals surface area contributed by atoms with Crippen molar-refractivity contribution in [3.8, 4) is 0 Å². The first-order chi connectivity index (χ1) is 8.19. The first kappa shape index (κ1) is 12.8. The Morgan fingerprint density at radius 1 is 1.47 bits per heavy atom. The van der Waals surface area contributed by atoms with E-state index in [-0.39, 0.29) is 0 Å². The minimum atomic E-state index is 0.464. The predicted molar refractivity (Wildman–Crippen MR) is 80.4 cm³/mol. The van der Waals surface area contributed by atoms with Crippen LogP contribution in [0.3, 0.4) is 0 Å². The van der Waals surface area contributed by atoms with Gasteiger partial charge in [-0.25, -0.2) is 0 Å². The van der Waals surface area contributed by atoms with Gasteiger partial charge in [0.2, 0.25) is 0 Å². The number of anilines is 1. The van der Waals surface area contributed by atoms with Gasteiger partial charge in [-0.2, -0.15) is 0 Å². The van der Waals surface area contributed by atoms with Crippen LogP contribution in [0.5, 0.6) is 0 Å². The van der Waals surface area contributed by atoms with Crippen LogP contribution >= 0.6 is 23.5 Å². The summed E-state index contributed by atoms with van der Waals surface area (Å²) in [6.45, 7) is 4.46. The van der Waals surface area contributed by atoms with Crippen LogP contribution in [0.1, 0.15) is 13.8 Å². The zero-order valence-electron chi connectivity index (χ0n) is 10.4. The van der Waals surface area contributed by atoms with E-state index < -0.39 is 0 Å². The van der Waals surface area contributed by atoms with Crippen LogP contribution in [-0.4, -0.2) is 23.2 Å². The molecule has 0 aliphatic carbocycles. The molecule has 1 heterocycles. The molecule has 0 amide bonds. The molecule has 0 radical (unpaired) electrons.